The summed E-state index contributed by atoms with van der Waals surface area (Å²) in [5.74, 6) is 5.90. The molecule has 0 unspecified atom stereocenters. The lowest BCUT2D eigenvalue weighted by Crippen LogP contribution is -2.22. The molecule has 0 saturated carbocycles. The summed E-state index contributed by atoms with van der Waals surface area (Å²) in [5.41, 5.74) is 3.84. The average molecular weight is 583 g/mol. The van der Waals surface area contributed by atoms with Crippen molar-refractivity contribution in [3.8, 4) is 17.5 Å². The highest BCUT2D eigenvalue weighted by atomic mass is 19.4. The minimum atomic E-state index is -4.56. The van der Waals surface area contributed by atoms with Crippen LogP contribution in [0, 0.1) is 18.8 Å². The average Bonchev–Trinajstić information content (AvgIpc) is 3.77. The molecule has 1 fully saturated rings. The lowest BCUT2D eigenvalue weighted by molar-refractivity contribution is -0.137. The number of rotatable bonds is 7. The third-order valence-electron chi connectivity index (χ3n) is 7.69. The van der Waals surface area contributed by atoms with Gasteiger partial charge in [-0.1, -0.05) is 18.1 Å². The molecule has 5 aromatic rings. The van der Waals surface area contributed by atoms with Gasteiger partial charge in [-0.3, -0.25) is 14.2 Å². The monoisotopic (exact) mass is 582 g/mol. The summed E-state index contributed by atoms with van der Waals surface area (Å²) in [5, 5.41) is 0. The fourth-order valence-corrected chi connectivity index (χ4v) is 5.29. The van der Waals surface area contributed by atoms with Gasteiger partial charge >= 0.3 is 6.18 Å². The molecule has 0 radical (unpaired) electrons. The normalized spacial score (nSPS) is 13.8. The van der Waals surface area contributed by atoms with Crippen molar-refractivity contribution in [3.63, 3.8) is 0 Å². The fraction of sp³-hybridized carbons (Fsp3) is 0.273. The molecule has 0 amide bonds. The Labute approximate surface area is 247 Å². The zero-order valence-electron chi connectivity index (χ0n) is 23.6. The molecule has 43 heavy (non-hydrogen) atoms. The number of Topliss-reactive ketones (excluding diaryl/α,β-unsaturated/α-hetero) is 1. The molecule has 1 aliphatic rings. The van der Waals surface area contributed by atoms with Crippen molar-refractivity contribution in [2.45, 2.75) is 38.8 Å². The smallest absolute Gasteiger partial charge is 0.306 e. The molecule has 1 saturated heterocycles. The Morgan fingerprint density at radius 3 is 2.67 bits per heavy atom. The van der Waals surface area contributed by atoms with Crippen molar-refractivity contribution >= 4 is 11.4 Å². The largest absolute Gasteiger partial charge is 0.416 e. The number of aryl methyl sites for hydroxylation is 1. The first-order valence-electron chi connectivity index (χ1n) is 14.1. The highest BCUT2D eigenvalue weighted by Gasteiger charge is 2.31. The van der Waals surface area contributed by atoms with E-state index in [2.05, 4.69) is 31.7 Å². The summed E-state index contributed by atoms with van der Waals surface area (Å²) in [7, 11) is 0. The highest BCUT2D eigenvalue weighted by molar-refractivity contribution is 5.98. The summed E-state index contributed by atoms with van der Waals surface area (Å²) in [4.78, 5) is 28.5. The van der Waals surface area contributed by atoms with Gasteiger partial charge in [0.25, 0.3) is 0 Å². The zero-order chi connectivity index (χ0) is 30.0. The molecule has 10 heteroatoms. The number of hydrogen-bond donors (Lipinski definition) is 0. The van der Waals surface area contributed by atoms with E-state index in [1.807, 2.05) is 11.3 Å². The molecule has 7 nitrogen and oxygen atoms in total. The van der Waals surface area contributed by atoms with E-state index in [1.54, 1.807) is 59.8 Å². The predicted octanol–water partition coefficient (Wildman–Crippen LogP) is 5.71. The van der Waals surface area contributed by atoms with Gasteiger partial charge < -0.3 is 9.47 Å². The van der Waals surface area contributed by atoms with Crippen molar-refractivity contribution in [2.24, 2.45) is 0 Å². The van der Waals surface area contributed by atoms with Crippen molar-refractivity contribution in [2.75, 3.05) is 19.6 Å². The first kappa shape index (κ1) is 28.4. The molecule has 3 aromatic heterocycles. The second-order valence-corrected chi connectivity index (χ2v) is 10.8. The molecule has 0 bridgehead atoms. The van der Waals surface area contributed by atoms with Crippen LogP contribution in [0.25, 0.3) is 11.3 Å². The molecule has 2 aromatic carbocycles. The van der Waals surface area contributed by atoms with E-state index in [0.717, 1.165) is 49.4 Å². The Hall–Kier alpha value is -4.75. The van der Waals surface area contributed by atoms with Crippen LogP contribution in [0.2, 0.25) is 0 Å². The maximum atomic E-state index is 13.9. The van der Waals surface area contributed by atoms with Gasteiger partial charge in [-0.25, -0.2) is 9.97 Å². The lowest BCUT2D eigenvalue weighted by atomic mass is 9.97. The number of halogens is 3. The van der Waals surface area contributed by atoms with Crippen LogP contribution in [0.3, 0.4) is 0 Å². The van der Waals surface area contributed by atoms with E-state index in [1.165, 1.54) is 19.2 Å². The number of imidazole rings is 2. The van der Waals surface area contributed by atoms with E-state index in [-0.39, 0.29) is 17.8 Å². The number of carbonyl (C=O) groups excluding carboxylic acids is 1. The summed E-state index contributed by atoms with van der Waals surface area (Å²) in [6.07, 6.45) is 8.35. The molecule has 1 aliphatic heterocycles. The SMILES string of the molecule is Cc1ccc(C(=O)Cc2cc(-n3cnc(CCN4CCCC4)c3)cc(C(F)(F)F)c2)cc1C#Cc1cnc2cnccn12. The summed E-state index contributed by atoms with van der Waals surface area (Å²) in [6, 6.07) is 8.92. The van der Waals surface area contributed by atoms with Crippen molar-refractivity contribution in [1.29, 1.82) is 0 Å². The number of benzene rings is 2. The van der Waals surface area contributed by atoms with Crippen LogP contribution in [0.5, 0.6) is 0 Å². The van der Waals surface area contributed by atoms with Crippen LogP contribution in [0.15, 0.2) is 73.7 Å². The first-order valence-corrected chi connectivity index (χ1v) is 14.1. The molecular weight excluding hydrogens is 553 g/mol. The Kier molecular flexibility index (Phi) is 7.82. The topological polar surface area (TPSA) is 68.3 Å². The Morgan fingerprint density at radius 2 is 1.86 bits per heavy atom. The van der Waals surface area contributed by atoms with E-state index < -0.39 is 11.7 Å². The predicted molar refractivity (Wildman–Crippen MR) is 156 cm³/mol. The van der Waals surface area contributed by atoms with Crippen molar-refractivity contribution < 1.29 is 18.0 Å². The quantitative estimate of drug-likeness (QED) is 0.182. The molecule has 0 spiro atoms. The molecule has 0 atom stereocenters. The Balaban J connectivity index is 1.23. The van der Waals surface area contributed by atoms with Gasteiger partial charge in [-0.2, -0.15) is 13.2 Å². The van der Waals surface area contributed by atoms with E-state index in [4.69, 9.17) is 0 Å². The van der Waals surface area contributed by atoms with Gasteiger partial charge in [0.05, 0.1) is 30.0 Å². The third kappa shape index (κ3) is 6.52. The molecule has 218 valence electrons. The molecule has 4 heterocycles. The molecule has 0 aliphatic carbocycles. The Bertz CT molecular complexity index is 1850. The second-order valence-electron chi connectivity index (χ2n) is 10.8. The summed E-state index contributed by atoms with van der Waals surface area (Å²) in [6.45, 7) is 4.90. The van der Waals surface area contributed by atoms with Gasteiger partial charge in [0.15, 0.2) is 11.4 Å². The van der Waals surface area contributed by atoms with Crippen LogP contribution < -0.4 is 0 Å². The zero-order valence-corrected chi connectivity index (χ0v) is 23.6. The van der Waals surface area contributed by atoms with Crippen molar-refractivity contribution in [1.82, 2.24) is 28.8 Å². The minimum absolute atomic E-state index is 0.191. The van der Waals surface area contributed by atoms with Crippen LogP contribution in [-0.2, 0) is 19.0 Å². The number of ketones is 1. The van der Waals surface area contributed by atoms with E-state index in [9.17, 15) is 18.0 Å². The summed E-state index contributed by atoms with van der Waals surface area (Å²) >= 11 is 0. The molecule has 6 rings (SSSR count). The van der Waals surface area contributed by atoms with Gasteiger partial charge in [-0.15, -0.1) is 0 Å². The maximum absolute atomic E-state index is 13.9. The fourth-order valence-electron chi connectivity index (χ4n) is 5.29. The van der Waals surface area contributed by atoms with Gasteiger partial charge in [0, 0.05) is 54.8 Å². The number of likely N-dealkylation sites (tertiary alicyclic amines) is 1. The van der Waals surface area contributed by atoms with Gasteiger partial charge in [0.1, 0.15) is 5.69 Å². The molecular formula is C33H29F3N6O. The van der Waals surface area contributed by atoms with Gasteiger partial charge in [0.2, 0.25) is 0 Å². The second kappa shape index (κ2) is 11.9. The minimum Gasteiger partial charge on any atom is -0.306 e. The standard InChI is InChI=1S/C33H29F3N6O/c1-23-4-5-26(17-25(23)6-7-29-19-38-32-20-37-9-13-42(29)32)31(43)16-24-14-27(33(34,35)36)18-30(15-24)41-21-28(39-22-41)8-12-40-10-2-3-11-40/h4-5,9,13-15,17-22H,2-3,8,10-12,16H2,1H3. The van der Waals surface area contributed by atoms with Crippen LogP contribution >= 0.6 is 0 Å². The summed E-state index contributed by atoms with van der Waals surface area (Å²) < 4.78 is 45.0. The Morgan fingerprint density at radius 1 is 1.02 bits per heavy atom. The van der Waals surface area contributed by atoms with Crippen LogP contribution in [0.1, 0.15) is 56.8 Å². The number of nitrogens with zero attached hydrogens (tertiary/aromatic N) is 6. The highest BCUT2D eigenvalue weighted by Crippen LogP contribution is 2.32. The number of hydrogen-bond acceptors (Lipinski definition) is 5. The van der Waals surface area contributed by atoms with Crippen molar-refractivity contribution in [3.05, 3.63) is 113 Å². The third-order valence-corrected chi connectivity index (χ3v) is 7.69. The number of fused-ring (bicyclic) bond motifs is 1. The van der Waals surface area contributed by atoms with Crippen LogP contribution in [-0.4, -0.2) is 54.2 Å². The molecule has 0 N–H and O–H groups in total. The lowest BCUT2D eigenvalue weighted by Gasteiger charge is -2.13. The number of alkyl halides is 3. The first-order chi connectivity index (χ1) is 20.7. The van der Waals surface area contributed by atoms with Gasteiger partial charge in [-0.05, 0) is 74.2 Å². The maximum Gasteiger partial charge on any atom is 0.416 e. The van der Waals surface area contributed by atoms with E-state index in [0.29, 0.717) is 28.2 Å². The van der Waals surface area contributed by atoms with Crippen LogP contribution in [0.4, 0.5) is 13.2 Å². The number of aromatic nitrogens is 5. The number of carbonyl (C=O) groups is 1. The van der Waals surface area contributed by atoms with E-state index >= 15 is 0 Å².